The van der Waals surface area contributed by atoms with Gasteiger partial charge in [-0.1, -0.05) is 54.6 Å². The second-order valence-corrected chi connectivity index (χ2v) is 3.89. The quantitative estimate of drug-likeness (QED) is 0.892. The van der Waals surface area contributed by atoms with Crippen LogP contribution in [0.3, 0.4) is 0 Å². The van der Waals surface area contributed by atoms with Crippen LogP contribution >= 0.6 is 0 Å². The highest BCUT2D eigenvalue weighted by Gasteiger charge is 2.18. The van der Waals surface area contributed by atoms with Crippen LogP contribution in [0, 0.1) is 11.3 Å². The maximum atomic E-state index is 10.9. The first-order valence-electron chi connectivity index (χ1n) is 5.50. The molecule has 3 heteroatoms. The van der Waals surface area contributed by atoms with Crippen LogP contribution < -0.4 is 0 Å². The number of nitrogens with zero attached hydrogens (tertiary/aromatic N) is 1. The van der Waals surface area contributed by atoms with E-state index in [-0.39, 0.29) is 0 Å². The van der Waals surface area contributed by atoms with E-state index in [1.54, 1.807) is 18.2 Å². The zero-order valence-electron chi connectivity index (χ0n) is 9.58. The molecule has 0 aliphatic heterocycles. The second-order valence-electron chi connectivity index (χ2n) is 3.89. The molecule has 0 aliphatic carbocycles. The van der Waals surface area contributed by atoms with E-state index in [9.17, 15) is 4.79 Å². The zero-order chi connectivity index (χ0) is 13.0. The van der Waals surface area contributed by atoms with E-state index in [0.717, 1.165) is 11.1 Å². The van der Waals surface area contributed by atoms with Gasteiger partial charge in [0.2, 0.25) is 0 Å². The largest absolute Gasteiger partial charge is 0.480 e. The first-order chi connectivity index (χ1) is 8.72. The molecule has 0 spiro atoms. The molecular weight excluding hydrogens is 226 g/mol. The highest BCUT2D eigenvalue weighted by Crippen LogP contribution is 2.22. The summed E-state index contributed by atoms with van der Waals surface area (Å²) in [6.07, 6.45) is 0. The van der Waals surface area contributed by atoms with Crippen molar-refractivity contribution in [1.29, 1.82) is 5.26 Å². The summed E-state index contributed by atoms with van der Waals surface area (Å²) in [6.45, 7) is 0. The number of nitriles is 1. The number of carbonyl (C=O) groups is 1. The molecule has 0 saturated heterocycles. The molecule has 0 amide bonds. The monoisotopic (exact) mass is 237 g/mol. The maximum absolute atomic E-state index is 10.9. The van der Waals surface area contributed by atoms with E-state index >= 15 is 0 Å². The first kappa shape index (κ1) is 11.9. The van der Waals surface area contributed by atoms with E-state index in [1.807, 2.05) is 42.5 Å². The number of carboxylic acids is 1. The minimum atomic E-state index is -1.12. The molecule has 2 aromatic rings. The number of aliphatic carboxylic acids is 1. The fourth-order valence-electron chi connectivity index (χ4n) is 1.77. The summed E-state index contributed by atoms with van der Waals surface area (Å²) in [5.41, 5.74) is 2.57. The van der Waals surface area contributed by atoms with Crippen LogP contribution in [0.15, 0.2) is 54.6 Å². The highest BCUT2D eigenvalue weighted by atomic mass is 16.4. The van der Waals surface area contributed by atoms with E-state index in [1.165, 1.54) is 0 Å². The minimum Gasteiger partial charge on any atom is -0.480 e. The summed E-state index contributed by atoms with van der Waals surface area (Å²) in [5, 5.41) is 17.7. The molecule has 0 aliphatic rings. The number of rotatable bonds is 3. The summed E-state index contributed by atoms with van der Waals surface area (Å²) >= 11 is 0. The molecule has 0 heterocycles. The Morgan fingerprint density at radius 2 is 1.56 bits per heavy atom. The lowest BCUT2D eigenvalue weighted by Gasteiger charge is -2.06. The molecule has 1 N–H and O–H groups in total. The standard InChI is InChI=1S/C15H11NO2/c16-10-14(15(17)18)13-8-6-12(7-9-13)11-4-2-1-3-5-11/h1-9,14H,(H,17,18). The lowest BCUT2D eigenvalue weighted by molar-refractivity contribution is -0.137. The van der Waals surface area contributed by atoms with Gasteiger partial charge in [0.05, 0.1) is 6.07 Å². The summed E-state index contributed by atoms with van der Waals surface area (Å²) in [5.74, 6) is -2.22. The van der Waals surface area contributed by atoms with Gasteiger partial charge in [-0.2, -0.15) is 5.26 Å². The predicted molar refractivity (Wildman–Crippen MR) is 67.9 cm³/mol. The van der Waals surface area contributed by atoms with Crippen LogP contribution in [-0.2, 0) is 4.79 Å². The van der Waals surface area contributed by atoms with Gasteiger partial charge in [-0.05, 0) is 16.7 Å². The van der Waals surface area contributed by atoms with Gasteiger partial charge >= 0.3 is 5.97 Å². The van der Waals surface area contributed by atoms with Crippen LogP contribution in [0.2, 0.25) is 0 Å². The predicted octanol–water partition coefficient (Wildman–Crippen LogP) is 3.05. The Kier molecular flexibility index (Phi) is 3.40. The smallest absolute Gasteiger partial charge is 0.325 e. The molecule has 88 valence electrons. The average molecular weight is 237 g/mol. The molecule has 0 saturated carbocycles. The van der Waals surface area contributed by atoms with Gasteiger partial charge < -0.3 is 5.11 Å². The normalized spacial score (nSPS) is 11.5. The van der Waals surface area contributed by atoms with Crippen LogP contribution in [0.5, 0.6) is 0 Å². The molecular formula is C15H11NO2. The lowest BCUT2D eigenvalue weighted by Crippen LogP contribution is -2.08. The molecule has 1 atom stereocenters. The van der Waals surface area contributed by atoms with Gasteiger partial charge in [0.1, 0.15) is 0 Å². The van der Waals surface area contributed by atoms with Gasteiger partial charge in [0, 0.05) is 0 Å². The molecule has 3 nitrogen and oxygen atoms in total. The number of benzene rings is 2. The summed E-state index contributed by atoms with van der Waals surface area (Å²) < 4.78 is 0. The fraction of sp³-hybridized carbons (Fsp3) is 0.0667. The molecule has 2 rings (SSSR count). The Morgan fingerprint density at radius 3 is 2.06 bits per heavy atom. The minimum absolute atomic E-state index is 0.504. The molecule has 0 radical (unpaired) electrons. The van der Waals surface area contributed by atoms with E-state index in [0.29, 0.717) is 5.56 Å². The molecule has 0 aromatic heterocycles. The number of carboxylic acid groups (broad SMARTS) is 1. The van der Waals surface area contributed by atoms with Gasteiger partial charge in [-0.25, -0.2) is 0 Å². The molecule has 2 aromatic carbocycles. The summed E-state index contributed by atoms with van der Waals surface area (Å²) in [7, 11) is 0. The van der Waals surface area contributed by atoms with Crippen molar-refractivity contribution in [3.8, 4) is 17.2 Å². The number of hydrogen-bond acceptors (Lipinski definition) is 2. The van der Waals surface area contributed by atoms with Crippen LogP contribution in [0.1, 0.15) is 11.5 Å². The van der Waals surface area contributed by atoms with Gasteiger partial charge in [0.15, 0.2) is 5.92 Å². The van der Waals surface area contributed by atoms with Gasteiger partial charge in [-0.3, -0.25) is 4.79 Å². The van der Waals surface area contributed by atoms with Crippen molar-refractivity contribution >= 4 is 5.97 Å². The fourth-order valence-corrected chi connectivity index (χ4v) is 1.77. The van der Waals surface area contributed by atoms with Crippen molar-refractivity contribution < 1.29 is 9.90 Å². The SMILES string of the molecule is N#CC(C(=O)O)c1ccc(-c2ccccc2)cc1. The average Bonchev–Trinajstić information content (AvgIpc) is 2.41. The third-order valence-electron chi connectivity index (χ3n) is 2.73. The Bertz CT molecular complexity index is 582. The Hall–Kier alpha value is -2.60. The van der Waals surface area contributed by atoms with Crippen molar-refractivity contribution in [2.75, 3.05) is 0 Å². The van der Waals surface area contributed by atoms with E-state index < -0.39 is 11.9 Å². The van der Waals surface area contributed by atoms with Crippen molar-refractivity contribution in [3.05, 3.63) is 60.2 Å². The highest BCUT2D eigenvalue weighted by molar-refractivity contribution is 5.79. The third-order valence-corrected chi connectivity index (χ3v) is 2.73. The van der Waals surface area contributed by atoms with Crippen molar-refractivity contribution in [3.63, 3.8) is 0 Å². The van der Waals surface area contributed by atoms with Crippen LogP contribution in [-0.4, -0.2) is 11.1 Å². The summed E-state index contributed by atoms with van der Waals surface area (Å²) in [4.78, 5) is 10.9. The maximum Gasteiger partial charge on any atom is 0.325 e. The summed E-state index contributed by atoms with van der Waals surface area (Å²) in [6, 6.07) is 18.6. The van der Waals surface area contributed by atoms with Crippen molar-refractivity contribution in [2.24, 2.45) is 0 Å². The van der Waals surface area contributed by atoms with E-state index in [4.69, 9.17) is 10.4 Å². The molecule has 0 fully saturated rings. The van der Waals surface area contributed by atoms with Crippen LogP contribution in [0.4, 0.5) is 0 Å². The van der Waals surface area contributed by atoms with Crippen molar-refractivity contribution in [2.45, 2.75) is 5.92 Å². The third kappa shape index (κ3) is 2.38. The van der Waals surface area contributed by atoms with Crippen LogP contribution in [0.25, 0.3) is 11.1 Å². The Morgan fingerprint density at radius 1 is 1.00 bits per heavy atom. The van der Waals surface area contributed by atoms with Gasteiger partial charge in [0.25, 0.3) is 0 Å². The van der Waals surface area contributed by atoms with E-state index in [2.05, 4.69) is 0 Å². The molecule has 0 bridgehead atoms. The first-order valence-corrected chi connectivity index (χ1v) is 5.50. The molecule has 1 unspecified atom stereocenters. The lowest BCUT2D eigenvalue weighted by atomic mass is 9.97. The molecule has 18 heavy (non-hydrogen) atoms. The van der Waals surface area contributed by atoms with Gasteiger partial charge in [-0.15, -0.1) is 0 Å². The topological polar surface area (TPSA) is 61.1 Å². The van der Waals surface area contributed by atoms with Crippen molar-refractivity contribution in [1.82, 2.24) is 0 Å². The zero-order valence-corrected chi connectivity index (χ0v) is 9.58. The Balaban J connectivity index is 2.32. The number of hydrogen-bond donors (Lipinski definition) is 1. The second kappa shape index (κ2) is 5.15. The Labute approximate surface area is 105 Å².